The van der Waals surface area contributed by atoms with E-state index in [1.165, 1.54) is 39.7 Å². The highest BCUT2D eigenvalue weighted by molar-refractivity contribution is 7.16. The third-order valence-electron chi connectivity index (χ3n) is 4.49. The minimum absolute atomic E-state index is 0.107. The molecular formula is C16H10F3N5OS. The maximum absolute atomic E-state index is 12.8. The van der Waals surface area contributed by atoms with E-state index in [9.17, 15) is 18.0 Å². The number of hydrogen-bond donors (Lipinski definition) is 0. The smallest absolute Gasteiger partial charge is 0.266 e. The van der Waals surface area contributed by atoms with Gasteiger partial charge in [0.05, 0.1) is 23.3 Å². The minimum atomic E-state index is -4.24. The van der Waals surface area contributed by atoms with Gasteiger partial charge in [-0.15, -0.1) is 11.3 Å². The van der Waals surface area contributed by atoms with Gasteiger partial charge in [0.15, 0.2) is 10.3 Å². The molecule has 3 aromatic rings. The largest absolute Gasteiger partial charge is 0.391 e. The highest BCUT2D eigenvalue weighted by Gasteiger charge is 2.49. The molecule has 3 heterocycles. The molecule has 1 fully saturated rings. The number of fused-ring (bicyclic) bond motifs is 1. The number of hydrogen-bond acceptors (Lipinski definition) is 6. The molecule has 10 heteroatoms. The fraction of sp³-hybridized carbons (Fsp3) is 0.312. The third-order valence-corrected chi connectivity index (χ3v) is 5.21. The van der Waals surface area contributed by atoms with Crippen LogP contribution in [-0.4, -0.2) is 25.7 Å². The van der Waals surface area contributed by atoms with Crippen LogP contribution in [0.4, 0.5) is 13.2 Å². The molecule has 0 radical (unpaired) electrons. The summed E-state index contributed by atoms with van der Waals surface area (Å²) in [5, 5.41) is 8.85. The molecule has 3 aromatic heterocycles. The first-order valence-corrected chi connectivity index (χ1v) is 8.56. The Morgan fingerprint density at radius 1 is 1.27 bits per heavy atom. The summed E-state index contributed by atoms with van der Waals surface area (Å²) in [5.74, 6) is -1.58. The van der Waals surface area contributed by atoms with Crippen molar-refractivity contribution >= 4 is 21.7 Å². The van der Waals surface area contributed by atoms with Crippen molar-refractivity contribution < 1.29 is 13.2 Å². The maximum atomic E-state index is 12.8. The van der Waals surface area contributed by atoms with Crippen molar-refractivity contribution in [1.29, 1.82) is 5.26 Å². The van der Waals surface area contributed by atoms with Crippen molar-refractivity contribution in [2.75, 3.05) is 0 Å². The van der Waals surface area contributed by atoms with Gasteiger partial charge in [0, 0.05) is 5.92 Å². The number of halogens is 3. The molecule has 26 heavy (non-hydrogen) atoms. The lowest BCUT2D eigenvalue weighted by molar-refractivity contribution is -0.198. The number of nitrogens with zero attached hydrogens (tertiary/aromatic N) is 5. The van der Waals surface area contributed by atoms with Crippen LogP contribution >= 0.6 is 11.3 Å². The zero-order chi connectivity index (χ0) is 18.5. The average Bonchev–Trinajstić information content (AvgIpc) is 3.01. The van der Waals surface area contributed by atoms with Gasteiger partial charge in [-0.3, -0.25) is 9.36 Å². The second-order valence-electron chi connectivity index (χ2n) is 6.04. The molecule has 1 aliphatic rings. The quantitative estimate of drug-likeness (QED) is 0.685. The molecule has 0 N–H and O–H groups in total. The van der Waals surface area contributed by atoms with E-state index in [0.29, 0.717) is 10.5 Å². The first kappa shape index (κ1) is 16.7. The number of pyridine rings is 1. The molecule has 1 saturated carbocycles. The van der Waals surface area contributed by atoms with Crippen molar-refractivity contribution in [3.8, 4) is 11.8 Å². The molecule has 6 nitrogen and oxygen atoms in total. The molecule has 0 aromatic carbocycles. The molecular weight excluding hydrogens is 367 g/mol. The van der Waals surface area contributed by atoms with Crippen molar-refractivity contribution in [3.05, 3.63) is 45.7 Å². The Hall–Kier alpha value is -2.80. The Bertz CT molecular complexity index is 1070. The van der Waals surface area contributed by atoms with Gasteiger partial charge in [-0.1, -0.05) is 0 Å². The molecule has 0 saturated heterocycles. The zero-order valence-electron chi connectivity index (χ0n) is 13.1. The predicted molar refractivity (Wildman–Crippen MR) is 87.0 cm³/mol. The van der Waals surface area contributed by atoms with E-state index in [4.69, 9.17) is 5.26 Å². The van der Waals surface area contributed by atoms with Gasteiger partial charge in [0.25, 0.3) is 5.56 Å². The summed E-state index contributed by atoms with van der Waals surface area (Å²) in [4.78, 5) is 25.6. The van der Waals surface area contributed by atoms with Gasteiger partial charge in [0.1, 0.15) is 17.6 Å². The van der Waals surface area contributed by atoms with Crippen LogP contribution in [0.15, 0.2) is 28.6 Å². The second-order valence-corrected chi connectivity index (χ2v) is 6.87. The standard InChI is InChI=1S/C16H10F3N5OS/c17-16(18,19)9-3-8(4-9)13-23-14-12(22-7-26-14)15(25)24(13)11-2-1-10(5-20)21-6-11/h1-2,6-9H,3-4H2. The van der Waals surface area contributed by atoms with Crippen molar-refractivity contribution in [2.45, 2.75) is 24.9 Å². The predicted octanol–water partition coefficient (Wildman–Crippen LogP) is 3.16. The lowest BCUT2D eigenvalue weighted by atomic mass is 9.74. The minimum Gasteiger partial charge on any atom is -0.266 e. The molecule has 0 aliphatic heterocycles. The van der Waals surface area contributed by atoms with Crippen LogP contribution in [0.2, 0.25) is 0 Å². The highest BCUT2D eigenvalue weighted by atomic mass is 32.1. The summed E-state index contributed by atoms with van der Waals surface area (Å²) in [6.07, 6.45) is -3.12. The van der Waals surface area contributed by atoms with Crippen LogP contribution in [0.25, 0.3) is 16.0 Å². The number of nitriles is 1. The van der Waals surface area contributed by atoms with Crippen LogP contribution in [0.3, 0.4) is 0 Å². The Morgan fingerprint density at radius 3 is 2.65 bits per heavy atom. The van der Waals surface area contributed by atoms with Crippen LogP contribution in [0.1, 0.15) is 30.3 Å². The molecule has 0 bridgehead atoms. The summed E-state index contributed by atoms with van der Waals surface area (Å²) in [6.45, 7) is 0. The average molecular weight is 377 g/mol. The SMILES string of the molecule is N#Cc1ccc(-n2c(C3CC(C(F)(F)F)C3)nc3scnc3c2=O)cn1. The Morgan fingerprint density at radius 2 is 2.04 bits per heavy atom. The lowest BCUT2D eigenvalue weighted by Crippen LogP contribution is -2.37. The maximum Gasteiger partial charge on any atom is 0.391 e. The number of alkyl halides is 3. The Labute approximate surface area is 148 Å². The van der Waals surface area contributed by atoms with Gasteiger partial charge >= 0.3 is 6.18 Å². The number of thiazole rings is 1. The summed E-state index contributed by atoms with van der Waals surface area (Å²) >= 11 is 1.17. The van der Waals surface area contributed by atoms with Gasteiger partial charge in [-0.2, -0.15) is 18.4 Å². The summed E-state index contributed by atoms with van der Waals surface area (Å²) < 4.78 is 39.8. The fourth-order valence-corrected chi connectivity index (χ4v) is 3.69. The van der Waals surface area contributed by atoms with E-state index in [2.05, 4.69) is 15.0 Å². The summed E-state index contributed by atoms with van der Waals surface area (Å²) in [5.41, 5.74) is 1.71. The number of rotatable bonds is 2. The first-order valence-electron chi connectivity index (χ1n) is 7.68. The molecule has 0 unspecified atom stereocenters. The third kappa shape index (κ3) is 2.64. The van der Waals surface area contributed by atoms with E-state index in [-0.39, 0.29) is 29.9 Å². The molecule has 0 spiro atoms. The van der Waals surface area contributed by atoms with Crippen molar-refractivity contribution in [1.82, 2.24) is 19.5 Å². The van der Waals surface area contributed by atoms with E-state index in [1.54, 1.807) is 0 Å². The topological polar surface area (TPSA) is 84.5 Å². The van der Waals surface area contributed by atoms with E-state index in [0.717, 1.165) is 0 Å². The van der Waals surface area contributed by atoms with Crippen LogP contribution < -0.4 is 5.56 Å². The van der Waals surface area contributed by atoms with E-state index in [1.807, 2.05) is 6.07 Å². The van der Waals surface area contributed by atoms with E-state index >= 15 is 0 Å². The van der Waals surface area contributed by atoms with Gasteiger partial charge in [0.2, 0.25) is 0 Å². The monoisotopic (exact) mass is 377 g/mol. The summed E-state index contributed by atoms with van der Waals surface area (Å²) in [6, 6.07) is 4.84. The zero-order valence-corrected chi connectivity index (χ0v) is 13.9. The molecule has 0 amide bonds. The Kier molecular flexibility index (Phi) is 3.77. The van der Waals surface area contributed by atoms with E-state index < -0.39 is 23.6 Å². The summed E-state index contributed by atoms with van der Waals surface area (Å²) in [7, 11) is 0. The molecule has 1 aliphatic carbocycles. The number of aromatic nitrogens is 4. The fourth-order valence-electron chi connectivity index (χ4n) is 3.03. The lowest BCUT2D eigenvalue weighted by Gasteiger charge is -2.36. The van der Waals surface area contributed by atoms with Crippen LogP contribution in [0.5, 0.6) is 0 Å². The molecule has 132 valence electrons. The van der Waals surface area contributed by atoms with Crippen molar-refractivity contribution in [3.63, 3.8) is 0 Å². The van der Waals surface area contributed by atoms with Gasteiger partial charge < -0.3 is 0 Å². The van der Waals surface area contributed by atoms with Crippen LogP contribution in [0, 0.1) is 17.2 Å². The molecule has 4 rings (SSSR count). The normalized spacial score (nSPS) is 19.9. The van der Waals surface area contributed by atoms with Crippen LogP contribution in [-0.2, 0) is 0 Å². The highest BCUT2D eigenvalue weighted by Crippen LogP contribution is 2.49. The first-order chi connectivity index (χ1) is 12.4. The van der Waals surface area contributed by atoms with Crippen molar-refractivity contribution in [2.24, 2.45) is 5.92 Å². The second kappa shape index (κ2) is 5.88. The molecule has 0 atom stereocenters. The van der Waals surface area contributed by atoms with Gasteiger partial charge in [-0.25, -0.2) is 15.0 Å². The Balaban J connectivity index is 1.84. The van der Waals surface area contributed by atoms with Gasteiger partial charge in [-0.05, 0) is 25.0 Å².